The fraction of sp³-hybridized carbons (Fsp3) is 0.105. The molecular weight excluding hydrogens is 308 g/mol. The molecule has 2 aromatic rings. The number of allylic oxidation sites excluding steroid dienone is 1. The first-order chi connectivity index (χ1) is 11.6. The van der Waals surface area contributed by atoms with Gasteiger partial charge < -0.3 is 9.47 Å². The molecule has 120 valence electrons. The number of hydrogen-bond acceptors (Lipinski definition) is 5. The van der Waals surface area contributed by atoms with Crippen LogP contribution in [0.5, 0.6) is 5.75 Å². The van der Waals surface area contributed by atoms with E-state index in [0.717, 1.165) is 11.6 Å². The molecule has 0 aromatic heterocycles. The van der Waals surface area contributed by atoms with Gasteiger partial charge in [-0.05, 0) is 17.7 Å². The molecule has 0 radical (unpaired) electrons. The highest BCUT2D eigenvalue weighted by molar-refractivity contribution is 6.33. The molecule has 24 heavy (non-hydrogen) atoms. The highest BCUT2D eigenvalue weighted by Crippen LogP contribution is 2.22. The Morgan fingerprint density at radius 2 is 1.62 bits per heavy atom. The van der Waals surface area contributed by atoms with E-state index in [2.05, 4.69) is 0 Å². The van der Waals surface area contributed by atoms with Gasteiger partial charge in [0.2, 0.25) is 5.78 Å². The maximum atomic E-state index is 12.4. The number of methoxy groups -OCH3 is 1. The lowest BCUT2D eigenvalue weighted by Crippen LogP contribution is -2.23. The molecular formula is C19H14O5. The number of carbonyl (C=O) groups is 3. The van der Waals surface area contributed by atoms with E-state index in [9.17, 15) is 14.4 Å². The van der Waals surface area contributed by atoms with Gasteiger partial charge in [0.25, 0.3) is 0 Å². The van der Waals surface area contributed by atoms with Crippen molar-refractivity contribution in [3.63, 3.8) is 0 Å². The van der Waals surface area contributed by atoms with E-state index in [-0.39, 0.29) is 23.5 Å². The minimum atomic E-state index is -0.807. The van der Waals surface area contributed by atoms with Crippen LogP contribution in [0, 0.1) is 0 Å². The van der Waals surface area contributed by atoms with Crippen LogP contribution in [0.15, 0.2) is 60.2 Å². The lowest BCUT2D eigenvalue weighted by molar-refractivity contribution is -0.139. The summed E-state index contributed by atoms with van der Waals surface area (Å²) >= 11 is 0. The van der Waals surface area contributed by atoms with E-state index in [4.69, 9.17) is 9.47 Å². The third kappa shape index (κ3) is 2.96. The SMILES string of the molecule is COc1ccc(COC(=O)C2=CC(=O)c3ccccc3C2=O)cc1. The summed E-state index contributed by atoms with van der Waals surface area (Å²) in [5, 5.41) is 0. The zero-order valence-corrected chi connectivity index (χ0v) is 12.9. The Hall–Kier alpha value is -3.21. The number of ketones is 2. The van der Waals surface area contributed by atoms with Crippen molar-refractivity contribution in [2.24, 2.45) is 0 Å². The molecule has 1 aliphatic rings. The van der Waals surface area contributed by atoms with Crippen LogP contribution in [0.3, 0.4) is 0 Å². The zero-order chi connectivity index (χ0) is 17.1. The molecule has 3 rings (SSSR count). The van der Waals surface area contributed by atoms with Crippen LogP contribution in [-0.4, -0.2) is 24.6 Å². The minimum Gasteiger partial charge on any atom is -0.497 e. The summed E-state index contributed by atoms with van der Waals surface area (Å²) < 4.78 is 10.2. The Labute approximate surface area is 138 Å². The average Bonchev–Trinajstić information content (AvgIpc) is 2.63. The Morgan fingerprint density at radius 1 is 0.958 bits per heavy atom. The summed E-state index contributed by atoms with van der Waals surface area (Å²) in [6, 6.07) is 13.4. The monoisotopic (exact) mass is 322 g/mol. The first kappa shape index (κ1) is 15.7. The third-order valence-electron chi connectivity index (χ3n) is 3.71. The van der Waals surface area contributed by atoms with E-state index < -0.39 is 11.8 Å². The predicted molar refractivity (Wildman–Crippen MR) is 86.0 cm³/mol. The third-order valence-corrected chi connectivity index (χ3v) is 3.71. The van der Waals surface area contributed by atoms with Crippen LogP contribution in [0.25, 0.3) is 0 Å². The van der Waals surface area contributed by atoms with Gasteiger partial charge in [-0.25, -0.2) is 4.79 Å². The second-order valence-electron chi connectivity index (χ2n) is 5.22. The Balaban J connectivity index is 1.73. The van der Waals surface area contributed by atoms with E-state index >= 15 is 0 Å². The van der Waals surface area contributed by atoms with Crippen LogP contribution in [0.2, 0.25) is 0 Å². The largest absolute Gasteiger partial charge is 0.497 e. The number of hydrogen-bond donors (Lipinski definition) is 0. The van der Waals surface area contributed by atoms with Gasteiger partial charge in [-0.1, -0.05) is 36.4 Å². The number of benzene rings is 2. The number of carbonyl (C=O) groups excluding carboxylic acids is 3. The summed E-state index contributed by atoms with van der Waals surface area (Å²) in [7, 11) is 1.56. The highest BCUT2D eigenvalue weighted by Gasteiger charge is 2.30. The van der Waals surface area contributed by atoms with Crippen molar-refractivity contribution in [3.05, 3.63) is 76.9 Å². The maximum absolute atomic E-state index is 12.4. The van der Waals surface area contributed by atoms with Gasteiger partial charge in [0.15, 0.2) is 5.78 Å². The van der Waals surface area contributed by atoms with E-state index in [1.165, 1.54) is 6.07 Å². The summed E-state index contributed by atoms with van der Waals surface area (Å²) in [5.41, 5.74) is 1.03. The lowest BCUT2D eigenvalue weighted by Gasteiger charge is -2.14. The van der Waals surface area contributed by atoms with Crippen molar-refractivity contribution < 1.29 is 23.9 Å². The maximum Gasteiger partial charge on any atom is 0.342 e. The van der Waals surface area contributed by atoms with Crippen LogP contribution < -0.4 is 4.74 Å². The summed E-state index contributed by atoms with van der Waals surface area (Å²) in [6.07, 6.45) is 1.04. The van der Waals surface area contributed by atoms with Crippen molar-refractivity contribution in [1.29, 1.82) is 0 Å². The molecule has 0 saturated heterocycles. The fourth-order valence-electron chi connectivity index (χ4n) is 2.42. The van der Waals surface area contributed by atoms with Crippen molar-refractivity contribution in [2.45, 2.75) is 6.61 Å². The standard InChI is InChI=1S/C19H14O5/c1-23-13-8-6-12(7-9-13)11-24-19(22)16-10-17(20)14-4-2-3-5-15(14)18(16)21/h2-10H,11H2,1H3. The van der Waals surface area contributed by atoms with Crippen molar-refractivity contribution in [2.75, 3.05) is 7.11 Å². The number of Topliss-reactive ketones (excluding diaryl/α,β-unsaturated/α-hetero) is 1. The molecule has 0 saturated carbocycles. The molecule has 2 aromatic carbocycles. The number of rotatable bonds is 4. The molecule has 0 bridgehead atoms. The van der Waals surface area contributed by atoms with Gasteiger partial charge in [0.1, 0.15) is 17.9 Å². The molecule has 1 aliphatic carbocycles. The molecule has 0 heterocycles. The molecule has 0 fully saturated rings. The molecule has 5 nitrogen and oxygen atoms in total. The van der Waals surface area contributed by atoms with Gasteiger partial charge in [0, 0.05) is 17.2 Å². The Morgan fingerprint density at radius 3 is 2.29 bits per heavy atom. The van der Waals surface area contributed by atoms with Crippen molar-refractivity contribution in [1.82, 2.24) is 0 Å². The molecule has 0 amide bonds. The van der Waals surface area contributed by atoms with Crippen LogP contribution in [0.4, 0.5) is 0 Å². The van der Waals surface area contributed by atoms with Gasteiger partial charge in [0.05, 0.1) is 7.11 Å². The summed E-state index contributed by atoms with van der Waals surface area (Å²) in [4.78, 5) is 36.6. The van der Waals surface area contributed by atoms with Gasteiger partial charge in [-0.2, -0.15) is 0 Å². The Bertz CT molecular complexity index is 846. The zero-order valence-electron chi connectivity index (χ0n) is 12.9. The predicted octanol–water partition coefficient (Wildman–Crippen LogP) is 2.74. The lowest BCUT2D eigenvalue weighted by atomic mass is 9.89. The molecule has 0 N–H and O–H groups in total. The smallest absolute Gasteiger partial charge is 0.342 e. The summed E-state index contributed by atoms with van der Waals surface area (Å²) in [5.74, 6) is -0.984. The first-order valence-electron chi connectivity index (χ1n) is 7.30. The van der Waals surface area contributed by atoms with Gasteiger partial charge in [-0.3, -0.25) is 9.59 Å². The first-order valence-corrected chi connectivity index (χ1v) is 7.30. The van der Waals surface area contributed by atoms with Gasteiger partial charge >= 0.3 is 5.97 Å². The summed E-state index contributed by atoms with van der Waals surface area (Å²) in [6.45, 7) is 0.00326. The molecule has 5 heteroatoms. The number of esters is 1. The molecule has 0 atom stereocenters. The van der Waals surface area contributed by atoms with Crippen molar-refractivity contribution >= 4 is 17.5 Å². The quantitative estimate of drug-likeness (QED) is 0.639. The second kappa shape index (κ2) is 6.50. The normalized spacial score (nSPS) is 13.1. The topological polar surface area (TPSA) is 69.7 Å². The van der Waals surface area contributed by atoms with Crippen LogP contribution >= 0.6 is 0 Å². The molecule has 0 unspecified atom stereocenters. The molecule has 0 aliphatic heterocycles. The second-order valence-corrected chi connectivity index (χ2v) is 5.22. The fourth-order valence-corrected chi connectivity index (χ4v) is 2.42. The van der Waals surface area contributed by atoms with Crippen molar-refractivity contribution in [3.8, 4) is 5.75 Å². The van der Waals surface area contributed by atoms with Gasteiger partial charge in [-0.15, -0.1) is 0 Å². The van der Waals surface area contributed by atoms with E-state index in [1.807, 2.05) is 0 Å². The minimum absolute atomic E-state index is 0.00326. The van der Waals surface area contributed by atoms with E-state index in [1.54, 1.807) is 49.6 Å². The highest BCUT2D eigenvalue weighted by atomic mass is 16.5. The average molecular weight is 322 g/mol. The van der Waals surface area contributed by atoms with Crippen LogP contribution in [-0.2, 0) is 16.1 Å². The van der Waals surface area contributed by atoms with E-state index in [0.29, 0.717) is 11.3 Å². The number of ether oxygens (including phenoxy) is 2. The van der Waals surface area contributed by atoms with Crippen LogP contribution in [0.1, 0.15) is 26.3 Å². The Kier molecular flexibility index (Phi) is 4.24. The molecule has 0 spiro atoms. The number of fused-ring (bicyclic) bond motifs is 1.